The molecule has 0 bridgehead atoms. The van der Waals surface area contributed by atoms with E-state index < -0.39 is 12.3 Å². The van der Waals surface area contributed by atoms with Crippen LogP contribution in [0.15, 0.2) is 84.0 Å². The van der Waals surface area contributed by atoms with Crippen LogP contribution in [0.4, 0.5) is 9.59 Å². The molecule has 9 aliphatic rings. The van der Waals surface area contributed by atoms with Crippen LogP contribution in [0.25, 0.3) is 32.0 Å². The quantitative estimate of drug-likeness (QED) is 0.0271. The summed E-state index contributed by atoms with van der Waals surface area (Å²) in [4.78, 5) is 31.3. The van der Waals surface area contributed by atoms with Crippen LogP contribution in [0.2, 0.25) is 0 Å². The maximum atomic E-state index is 13.0. The molecule has 0 spiro atoms. The highest BCUT2D eigenvalue weighted by molar-refractivity contribution is 7.16. The van der Waals surface area contributed by atoms with E-state index in [9.17, 15) is 9.59 Å². The van der Waals surface area contributed by atoms with Crippen molar-refractivity contribution in [2.75, 3.05) is 26.4 Å². The van der Waals surface area contributed by atoms with Gasteiger partial charge in [0.1, 0.15) is 23.7 Å². The molecule has 6 fully saturated rings. The van der Waals surface area contributed by atoms with Crippen LogP contribution >= 0.6 is 22.7 Å². The summed E-state index contributed by atoms with van der Waals surface area (Å²) in [5.41, 5.74) is 12.9. The van der Waals surface area contributed by atoms with Gasteiger partial charge in [-0.05, 0) is 361 Å². The van der Waals surface area contributed by atoms with Gasteiger partial charge >= 0.3 is 12.3 Å². The van der Waals surface area contributed by atoms with Gasteiger partial charge in [-0.25, -0.2) is 9.59 Å². The van der Waals surface area contributed by atoms with E-state index in [0.29, 0.717) is 37.3 Å². The number of hydrogen-bond acceptors (Lipinski definition) is 10. The first-order chi connectivity index (χ1) is 50.6. The molecular formula is C95H136O8S2. The van der Waals surface area contributed by atoms with Crippen LogP contribution in [-0.2, 0) is 18.9 Å². The fourth-order valence-corrected chi connectivity index (χ4v) is 26.4. The Labute approximate surface area is 643 Å². The lowest BCUT2D eigenvalue weighted by Crippen LogP contribution is -2.51. The number of rotatable bonds is 32. The van der Waals surface area contributed by atoms with Crippen molar-refractivity contribution in [2.24, 2.45) is 92.7 Å². The second-order valence-electron chi connectivity index (χ2n) is 37.3. The molecule has 0 unspecified atom stereocenters. The lowest BCUT2D eigenvalue weighted by Gasteiger charge is -2.58. The molecule has 0 saturated heterocycles. The van der Waals surface area contributed by atoms with Crippen molar-refractivity contribution in [1.29, 1.82) is 0 Å². The van der Waals surface area contributed by atoms with E-state index in [1.54, 1.807) is 11.1 Å². The van der Waals surface area contributed by atoms with Crippen LogP contribution < -0.4 is 9.47 Å². The van der Waals surface area contributed by atoms with Gasteiger partial charge in [0.2, 0.25) is 0 Å². The summed E-state index contributed by atoms with van der Waals surface area (Å²) >= 11 is 3.79. The van der Waals surface area contributed by atoms with Gasteiger partial charge in [0.15, 0.2) is 0 Å². The van der Waals surface area contributed by atoms with Crippen molar-refractivity contribution in [3.8, 4) is 32.4 Å². The molecule has 4 aromatic rings. The van der Waals surface area contributed by atoms with Gasteiger partial charge in [-0.3, -0.25) is 0 Å². The molecule has 0 amide bonds. The fourth-order valence-electron chi connectivity index (χ4n) is 24.3. The van der Waals surface area contributed by atoms with E-state index in [0.717, 1.165) is 185 Å². The first-order valence-electron chi connectivity index (χ1n) is 43.1. The summed E-state index contributed by atoms with van der Waals surface area (Å²) in [7, 11) is 0. The van der Waals surface area contributed by atoms with E-state index in [-0.39, 0.29) is 23.0 Å². The SMILES string of the molecule is Cc1sc(-c2ccc(OCCCCCCOC(=O)O[C@@H]3CC[C@@]4(C)C(=CC[C@H]5[C@@H]6CC[C@H]([C@H](C)CCCC(C)C)[C@@]6(C)CC[C@@H]54)C3)cc2)cc1C1=C(c2cc(-c3ccc(OCCCCCCOC(=O)O[C@@H]4CC[C@@]5(C)C(=CC[C@H]6[C@@H]7CC[C@H]([C@H](C)CCCC(C)C)[C@@]7(C)CC[C@@H]65)C4)cc3)sc2C)CCC1. The Morgan fingerprint density at radius 2 is 0.857 bits per heavy atom. The van der Waals surface area contributed by atoms with Crippen molar-refractivity contribution in [1.82, 2.24) is 0 Å². The molecule has 0 N–H and O–H groups in total. The van der Waals surface area contributed by atoms with E-state index in [2.05, 4.69) is 156 Å². The molecule has 576 valence electrons. The first kappa shape index (κ1) is 78.3. The molecule has 2 heterocycles. The summed E-state index contributed by atoms with van der Waals surface area (Å²) in [5, 5.41) is 0. The Morgan fingerprint density at radius 3 is 1.26 bits per heavy atom. The average Bonchev–Trinajstić information content (AvgIpc) is 1.71. The van der Waals surface area contributed by atoms with E-state index in [1.165, 1.54) is 162 Å². The van der Waals surface area contributed by atoms with Crippen LogP contribution in [0.3, 0.4) is 0 Å². The summed E-state index contributed by atoms with van der Waals surface area (Å²) < 4.78 is 35.8. The summed E-state index contributed by atoms with van der Waals surface area (Å²) in [5.74, 6) is 11.7. The Morgan fingerprint density at radius 1 is 0.457 bits per heavy atom. The van der Waals surface area contributed by atoms with Crippen molar-refractivity contribution < 1.29 is 38.0 Å². The molecule has 8 nitrogen and oxygen atoms in total. The Balaban J connectivity index is 0.481. The number of carbonyl (C=O) groups excluding carboxylic acids is 2. The highest BCUT2D eigenvalue weighted by Crippen LogP contribution is 2.70. The Hall–Kier alpha value is -4.80. The summed E-state index contributed by atoms with van der Waals surface area (Å²) in [6.45, 7) is 31.9. The third-order valence-corrected chi connectivity index (χ3v) is 32.3. The van der Waals surface area contributed by atoms with Crippen LogP contribution in [-0.4, -0.2) is 50.9 Å². The maximum absolute atomic E-state index is 13.0. The number of benzene rings is 2. The highest BCUT2D eigenvalue weighted by atomic mass is 32.1. The van der Waals surface area contributed by atoms with Gasteiger partial charge in [-0.1, -0.05) is 131 Å². The summed E-state index contributed by atoms with van der Waals surface area (Å²) in [6, 6.07) is 22.2. The minimum Gasteiger partial charge on any atom is -0.494 e. The van der Waals surface area contributed by atoms with E-state index in [1.807, 2.05) is 22.7 Å². The first-order valence-corrected chi connectivity index (χ1v) is 44.7. The molecule has 105 heavy (non-hydrogen) atoms. The normalized spacial score (nSPS) is 31.0. The zero-order valence-corrected chi connectivity index (χ0v) is 68.9. The zero-order chi connectivity index (χ0) is 73.6. The number of carbonyl (C=O) groups is 2. The smallest absolute Gasteiger partial charge is 0.494 e. The molecule has 6 saturated carbocycles. The third-order valence-electron chi connectivity index (χ3n) is 30.1. The molecule has 16 atom stereocenters. The van der Waals surface area contributed by atoms with Crippen LogP contribution in [0.1, 0.15) is 302 Å². The molecule has 0 aliphatic heterocycles. The van der Waals surface area contributed by atoms with Gasteiger partial charge in [-0.15, -0.1) is 22.7 Å². The zero-order valence-electron chi connectivity index (χ0n) is 67.3. The van der Waals surface area contributed by atoms with Gasteiger partial charge in [0.25, 0.3) is 0 Å². The van der Waals surface area contributed by atoms with Gasteiger partial charge in [-0.2, -0.15) is 0 Å². The van der Waals surface area contributed by atoms with E-state index in [4.69, 9.17) is 28.4 Å². The number of allylic oxidation sites excluding steroid dienone is 4. The standard InChI is InChI=1S/C95H136O8S2/c1-62(2)24-21-26-64(5)82-42-44-84-78-40-34-70-58-74(46-50-92(70,9)86(78)48-52-94(82,84)11)102-90(96)100-56-19-15-13-17-54-98-72-36-30-68(31-37-72)88-60-80(66(7)104-88)76-28-23-29-77(76)81-61-89(105-67(81)8)69-32-38-73(39-33-69)99-55-18-14-16-20-57-101-91(97)103-75-47-51-93(10)71(59-75)35-41-79-85-45-43-83(65(6)27-22-25-63(3)4)95(85,12)53-49-87(79)93/h30-39,60-65,74-75,78-79,82-87H,13-29,40-59H2,1-12H3/t64-,65-,74-,75-,78+,79+,82-,83-,84+,85+,86+,87+,92+,93+,94-,95-/m1/s1. The number of hydrogen-bond donors (Lipinski definition) is 0. The van der Waals surface area contributed by atoms with Crippen LogP contribution in [0, 0.1) is 107 Å². The maximum Gasteiger partial charge on any atom is 0.508 e. The van der Waals surface area contributed by atoms with Crippen molar-refractivity contribution >= 4 is 46.1 Å². The molecule has 10 heteroatoms. The number of unbranched alkanes of at least 4 members (excludes halogenated alkanes) is 6. The summed E-state index contributed by atoms with van der Waals surface area (Å²) in [6.07, 6.45) is 42.9. The van der Waals surface area contributed by atoms with E-state index >= 15 is 0 Å². The van der Waals surface area contributed by atoms with Crippen molar-refractivity contribution in [2.45, 2.75) is 307 Å². The second-order valence-corrected chi connectivity index (χ2v) is 39.8. The van der Waals surface area contributed by atoms with Gasteiger partial charge < -0.3 is 28.4 Å². The molecular weight excluding hydrogens is 1330 g/mol. The number of ether oxygens (including phenoxy) is 6. The minimum absolute atomic E-state index is 0.0731. The second kappa shape index (κ2) is 34.6. The van der Waals surface area contributed by atoms with Crippen molar-refractivity contribution in [3.63, 3.8) is 0 Å². The number of fused-ring (bicyclic) bond motifs is 10. The number of thiophene rings is 2. The molecule has 2 aromatic heterocycles. The minimum atomic E-state index is -0.490. The van der Waals surface area contributed by atoms with Gasteiger partial charge in [0, 0.05) is 32.4 Å². The Bertz CT molecular complexity index is 3410. The lowest BCUT2D eigenvalue weighted by atomic mass is 9.47. The largest absolute Gasteiger partial charge is 0.508 e. The van der Waals surface area contributed by atoms with Crippen molar-refractivity contribution in [3.05, 3.63) is 105 Å². The number of aryl methyl sites for hydroxylation is 2. The van der Waals surface area contributed by atoms with Gasteiger partial charge in [0.05, 0.1) is 26.4 Å². The molecule has 9 aliphatic carbocycles. The molecule has 2 aromatic carbocycles. The lowest BCUT2D eigenvalue weighted by molar-refractivity contribution is -0.0617. The fraction of sp³-hybridized carbons (Fsp3) is 0.705. The monoisotopic (exact) mass is 1470 g/mol. The average molecular weight is 1470 g/mol. The highest BCUT2D eigenvalue weighted by Gasteiger charge is 2.61. The molecule has 0 radical (unpaired) electrons. The van der Waals surface area contributed by atoms with Crippen LogP contribution in [0.5, 0.6) is 11.5 Å². The Kier molecular flexibility index (Phi) is 25.8. The predicted octanol–water partition coefficient (Wildman–Crippen LogP) is 27.9. The topological polar surface area (TPSA) is 89.5 Å². The predicted molar refractivity (Wildman–Crippen MR) is 436 cm³/mol. The third kappa shape index (κ3) is 17.5. The molecule has 13 rings (SSSR count).